The molecule has 0 fully saturated rings. The fraction of sp³-hybridized carbons (Fsp3) is 0.286. The molecule has 1 rings (SSSR count). The van der Waals surface area contributed by atoms with E-state index in [9.17, 15) is 4.39 Å². The van der Waals surface area contributed by atoms with Crippen LogP contribution in [0.4, 0.5) is 4.39 Å². The largest absolute Gasteiger partial charge is 0.492 e. The molecule has 0 amide bonds. The molecule has 3 nitrogen and oxygen atoms in total. The minimum absolute atomic E-state index is 0.0650. The third-order valence-corrected chi connectivity index (χ3v) is 1.97. The van der Waals surface area contributed by atoms with Crippen molar-refractivity contribution < 1.29 is 9.13 Å². The summed E-state index contributed by atoms with van der Waals surface area (Å²) < 4.78 is 18.5. The fourth-order valence-electron chi connectivity index (χ4n) is 0.815. The molecule has 0 bridgehead atoms. The summed E-state index contributed by atoms with van der Waals surface area (Å²) >= 11 is 3.10. The molecular formula is C7H8BrFN2O. The van der Waals surface area contributed by atoms with Gasteiger partial charge < -0.3 is 10.5 Å². The highest BCUT2D eigenvalue weighted by Gasteiger charge is 2.12. The molecule has 5 heteroatoms. The minimum Gasteiger partial charge on any atom is -0.492 e. The van der Waals surface area contributed by atoms with E-state index >= 15 is 0 Å². The van der Waals surface area contributed by atoms with Gasteiger partial charge in [-0.05, 0) is 15.9 Å². The van der Waals surface area contributed by atoms with E-state index < -0.39 is 5.82 Å². The standard InChI is InChI=1S/C7H8BrFN2O/c1-12-7-4(8)3-11-5(2-10)6(7)9/h3H,2,10H2,1H3. The monoisotopic (exact) mass is 234 g/mol. The van der Waals surface area contributed by atoms with Gasteiger partial charge in [-0.15, -0.1) is 0 Å². The number of halogens is 2. The van der Waals surface area contributed by atoms with Crippen molar-refractivity contribution >= 4 is 15.9 Å². The van der Waals surface area contributed by atoms with E-state index in [1.54, 1.807) is 0 Å². The first-order valence-electron chi connectivity index (χ1n) is 3.27. The molecule has 2 N–H and O–H groups in total. The zero-order chi connectivity index (χ0) is 9.14. The van der Waals surface area contributed by atoms with Gasteiger partial charge in [0, 0.05) is 12.7 Å². The van der Waals surface area contributed by atoms with Crippen LogP contribution in [0.3, 0.4) is 0 Å². The van der Waals surface area contributed by atoms with Crippen molar-refractivity contribution in [1.29, 1.82) is 0 Å². The third-order valence-electron chi connectivity index (χ3n) is 1.40. The topological polar surface area (TPSA) is 48.1 Å². The average Bonchev–Trinajstić information content (AvgIpc) is 2.06. The van der Waals surface area contributed by atoms with Gasteiger partial charge >= 0.3 is 0 Å². The van der Waals surface area contributed by atoms with E-state index in [0.29, 0.717) is 4.47 Å². The van der Waals surface area contributed by atoms with Crippen LogP contribution in [0.5, 0.6) is 5.75 Å². The third kappa shape index (κ3) is 1.56. The van der Waals surface area contributed by atoms with Gasteiger partial charge in [-0.1, -0.05) is 0 Å². The van der Waals surface area contributed by atoms with E-state index in [2.05, 4.69) is 20.9 Å². The number of nitrogens with zero attached hydrogens (tertiary/aromatic N) is 1. The van der Waals surface area contributed by atoms with Gasteiger partial charge in [-0.2, -0.15) is 0 Å². The first-order valence-corrected chi connectivity index (χ1v) is 4.07. The van der Waals surface area contributed by atoms with Crippen LogP contribution in [0, 0.1) is 5.82 Å². The van der Waals surface area contributed by atoms with Gasteiger partial charge in [0.1, 0.15) is 0 Å². The van der Waals surface area contributed by atoms with Gasteiger partial charge in [0.15, 0.2) is 11.6 Å². The Hall–Kier alpha value is -0.680. The molecule has 1 aromatic heterocycles. The number of hydrogen-bond acceptors (Lipinski definition) is 3. The van der Waals surface area contributed by atoms with Crippen LogP contribution in [0.25, 0.3) is 0 Å². The van der Waals surface area contributed by atoms with Gasteiger partial charge in [-0.25, -0.2) is 4.39 Å². The lowest BCUT2D eigenvalue weighted by Crippen LogP contribution is -2.04. The quantitative estimate of drug-likeness (QED) is 0.843. The molecule has 0 saturated carbocycles. The number of aromatic nitrogens is 1. The Labute approximate surface area is 77.9 Å². The smallest absolute Gasteiger partial charge is 0.188 e. The molecule has 0 spiro atoms. The Balaban J connectivity index is 3.24. The Bertz CT molecular complexity index is 293. The first kappa shape index (κ1) is 9.41. The number of methoxy groups -OCH3 is 1. The van der Waals surface area contributed by atoms with Crippen LogP contribution < -0.4 is 10.5 Å². The summed E-state index contributed by atoms with van der Waals surface area (Å²) in [5.41, 5.74) is 5.45. The molecule has 0 aromatic carbocycles. The summed E-state index contributed by atoms with van der Waals surface area (Å²) in [6.07, 6.45) is 1.46. The molecule has 66 valence electrons. The number of pyridine rings is 1. The minimum atomic E-state index is -0.505. The highest BCUT2D eigenvalue weighted by molar-refractivity contribution is 9.10. The van der Waals surface area contributed by atoms with E-state index in [1.807, 2.05) is 0 Å². The second kappa shape index (κ2) is 3.82. The molecule has 1 heterocycles. The van der Waals surface area contributed by atoms with Crippen molar-refractivity contribution in [3.63, 3.8) is 0 Å². The van der Waals surface area contributed by atoms with Crippen LogP contribution in [0.1, 0.15) is 5.69 Å². The molecule has 0 aliphatic carbocycles. The normalized spacial score (nSPS) is 10.0. The summed E-state index contributed by atoms with van der Waals surface area (Å²) in [6, 6.07) is 0. The van der Waals surface area contributed by atoms with Gasteiger partial charge in [0.05, 0.1) is 17.3 Å². The second-order valence-corrected chi connectivity index (χ2v) is 2.96. The lowest BCUT2D eigenvalue weighted by Gasteiger charge is -2.06. The van der Waals surface area contributed by atoms with E-state index in [4.69, 9.17) is 10.5 Å². The van der Waals surface area contributed by atoms with Crippen LogP contribution in [-0.2, 0) is 6.54 Å². The SMILES string of the molecule is COc1c(Br)cnc(CN)c1F. The summed E-state index contributed by atoms with van der Waals surface area (Å²) in [5.74, 6) is -0.361. The van der Waals surface area contributed by atoms with Crippen molar-refractivity contribution in [3.05, 3.63) is 22.2 Å². The highest BCUT2D eigenvalue weighted by atomic mass is 79.9. The van der Waals surface area contributed by atoms with Crippen LogP contribution in [0.15, 0.2) is 10.7 Å². The van der Waals surface area contributed by atoms with Gasteiger partial charge in [0.2, 0.25) is 0 Å². The Morgan fingerprint density at radius 3 is 2.92 bits per heavy atom. The molecule has 1 aromatic rings. The van der Waals surface area contributed by atoms with Gasteiger partial charge in [-0.3, -0.25) is 4.98 Å². The van der Waals surface area contributed by atoms with Crippen molar-refractivity contribution in [2.24, 2.45) is 5.73 Å². The van der Waals surface area contributed by atoms with E-state index in [1.165, 1.54) is 13.3 Å². The second-order valence-electron chi connectivity index (χ2n) is 2.10. The maximum Gasteiger partial charge on any atom is 0.188 e. The molecule has 0 unspecified atom stereocenters. The highest BCUT2D eigenvalue weighted by Crippen LogP contribution is 2.28. The van der Waals surface area contributed by atoms with Crippen molar-refractivity contribution in [2.75, 3.05) is 7.11 Å². The molecule has 0 radical (unpaired) electrons. The van der Waals surface area contributed by atoms with Crippen molar-refractivity contribution in [1.82, 2.24) is 4.98 Å². The Morgan fingerprint density at radius 2 is 2.42 bits per heavy atom. The van der Waals surface area contributed by atoms with Gasteiger partial charge in [0.25, 0.3) is 0 Å². The number of ether oxygens (including phenoxy) is 1. The summed E-state index contributed by atoms with van der Waals surface area (Å²) in [6.45, 7) is 0.0650. The summed E-state index contributed by atoms with van der Waals surface area (Å²) in [7, 11) is 1.39. The first-order chi connectivity index (χ1) is 5.70. The van der Waals surface area contributed by atoms with E-state index in [0.717, 1.165) is 0 Å². The molecule has 0 aliphatic heterocycles. The maximum atomic E-state index is 13.2. The molecular weight excluding hydrogens is 227 g/mol. The van der Waals surface area contributed by atoms with Crippen molar-refractivity contribution in [2.45, 2.75) is 6.54 Å². The molecule has 0 atom stereocenters. The summed E-state index contributed by atoms with van der Waals surface area (Å²) in [5, 5.41) is 0. The zero-order valence-electron chi connectivity index (χ0n) is 6.47. The lowest BCUT2D eigenvalue weighted by atomic mass is 10.3. The van der Waals surface area contributed by atoms with Crippen LogP contribution >= 0.6 is 15.9 Å². The average molecular weight is 235 g/mol. The Morgan fingerprint density at radius 1 is 1.75 bits per heavy atom. The number of nitrogens with two attached hydrogens (primary N) is 1. The predicted octanol–water partition coefficient (Wildman–Crippen LogP) is 1.45. The van der Waals surface area contributed by atoms with Crippen molar-refractivity contribution in [3.8, 4) is 5.75 Å². The summed E-state index contributed by atoms with van der Waals surface area (Å²) in [4.78, 5) is 3.78. The van der Waals surface area contributed by atoms with Crippen LogP contribution in [0.2, 0.25) is 0 Å². The number of hydrogen-bond donors (Lipinski definition) is 1. The van der Waals surface area contributed by atoms with Crippen LogP contribution in [-0.4, -0.2) is 12.1 Å². The molecule has 0 aliphatic rings. The fourth-order valence-corrected chi connectivity index (χ4v) is 1.25. The number of rotatable bonds is 2. The maximum absolute atomic E-state index is 13.2. The molecule has 12 heavy (non-hydrogen) atoms. The molecule has 0 saturated heterocycles. The predicted molar refractivity (Wildman–Crippen MR) is 46.3 cm³/mol. The zero-order valence-corrected chi connectivity index (χ0v) is 8.06. The Kier molecular flexibility index (Phi) is 2.99. The lowest BCUT2D eigenvalue weighted by molar-refractivity contribution is 0.379. The van der Waals surface area contributed by atoms with E-state index in [-0.39, 0.29) is 18.0 Å².